The Kier molecular flexibility index (Phi) is 3.23. The van der Waals surface area contributed by atoms with Crippen molar-refractivity contribution in [1.29, 1.82) is 0 Å². The second-order valence-electron chi connectivity index (χ2n) is 4.76. The van der Waals surface area contributed by atoms with Crippen LogP contribution in [0.4, 0.5) is 0 Å². The van der Waals surface area contributed by atoms with Crippen molar-refractivity contribution in [3.8, 4) is 0 Å². The molecule has 3 aromatic rings. The van der Waals surface area contributed by atoms with Crippen LogP contribution in [-0.2, 0) is 6.54 Å². The Morgan fingerprint density at radius 1 is 1.40 bits per heavy atom. The summed E-state index contributed by atoms with van der Waals surface area (Å²) in [4.78, 5) is 19.7. The van der Waals surface area contributed by atoms with Gasteiger partial charge in [0.1, 0.15) is 0 Å². The van der Waals surface area contributed by atoms with Crippen LogP contribution in [0.5, 0.6) is 0 Å². The molecule has 102 valence electrons. The molecule has 0 saturated carbocycles. The number of hydrogen-bond acceptors (Lipinski definition) is 3. The van der Waals surface area contributed by atoms with Gasteiger partial charge in [0.25, 0.3) is 5.56 Å². The third-order valence-corrected chi connectivity index (χ3v) is 3.61. The lowest BCUT2D eigenvalue weighted by atomic mass is 10.2. The third kappa shape index (κ3) is 2.18. The molecule has 1 aromatic carbocycles. The number of aromatic nitrogens is 4. The monoisotopic (exact) mass is 286 g/mol. The molecule has 0 radical (unpaired) electrons. The molecule has 5 nitrogen and oxygen atoms in total. The number of imidazole rings is 1. The van der Waals surface area contributed by atoms with Gasteiger partial charge in [-0.2, -0.15) is 0 Å². The lowest BCUT2D eigenvalue weighted by Crippen LogP contribution is -2.27. The molecule has 2 aromatic heterocycles. The normalized spacial score (nSPS) is 12.7. The van der Waals surface area contributed by atoms with Crippen molar-refractivity contribution in [2.24, 2.45) is 0 Å². The number of benzene rings is 1. The fourth-order valence-electron chi connectivity index (χ4n) is 2.36. The van der Waals surface area contributed by atoms with Crippen molar-refractivity contribution in [1.82, 2.24) is 19.1 Å². The Balaban J connectivity index is 2.11. The Morgan fingerprint density at radius 3 is 2.95 bits per heavy atom. The van der Waals surface area contributed by atoms with E-state index in [2.05, 4.69) is 9.97 Å². The molecular weight excluding hydrogens is 272 g/mol. The number of para-hydroxylation sites is 1. The van der Waals surface area contributed by atoms with Crippen molar-refractivity contribution in [2.75, 3.05) is 0 Å². The summed E-state index contributed by atoms with van der Waals surface area (Å²) >= 11 is 5.32. The van der Waals surface area contributed by atoms with Crippen LogP contribution in [0.2, 0.25) is 0 Å². The predicted octanol–water partition coefficient (Wildman–Crippen LogP) is 2.52. The molecule has 6 heteroatoms. The molecule has 0 fully saturated rings. The van der Waals surface area contributed by atoms with E-state index in [9.17, 15) is 4.79 Å². The zero-order valence-electron chi connectivity index (χ0n) is 11.0. The molecule has 2 heterocycles. The van der Waals surface area contributed by atoms with Crippen LogP contribution in [0.3, 0.4) is 0 Å². The van der Waals surface area contributed by atoms with Crippen LogP contribution in [0.15, 0.2) is 47.8 Å². The van der Waals surface area contributed by atoms with Crippen LogP contribution in [0.25, 0.3) is 10.9 Å². The highest BCUT2D eigenvalue weighted by atomic mass is 32.1. The van der Waals surface area contributed by atoms with Gasteiger partial charge in [0, 0.05) is 18.9 Å². The summed E-state index contributed by atoms with van der Waals surface area (Å²) in [7, 11) is 0. The summed E-state index contributed by atoms with van der Waals surface area (Å²) in [5, 5.41) is 0.651. The second-order valence-corrected chi connectivity index (χ2v) is 5.15. The summed E-state index contributed by atoms with van der Waals surface area (Å²) < 4.78 is 4.00. The van der Waals surface area contributed by atoms with E-state index >= 15 is 0 Å². The highest BCUT2D eigenvalue weighted by Gasteiger charge is 2.12. The standard InChI is InChI=1S/C14H14N4OS/c1-10(8-17-7-6-15-9-17)18-13(19)11-4-2-3-5-12(11)16-14(18)20/h2-7,9-10H,8H2,1H3,(H,16,20). The van der Waals surface area contributed by atoms with Gasteiger partial charge in [-0.25, -0.2) is 4.98 Å². The number of H-pyrrole nitrogens is 1. The van der Waals surface area contributed by atoms with E-state index in [-0.39, 0.29) is 11.6 Å². The van der Waals surface area contributed by atoms with Gasteiger partial charge in [-0.05, 0) is 31.3 Å². The lowest BCUT2D eigenvalue weighted by Gasteiger charge is -2.16. The fourth-order valence-corrected chi connectivity index (χ4v) is 2.73. The molecule has 3 rings (SSSR count). The van der Waals surface area contributed by atoms with Crippen molar-refractivity contribution < 1.29 is 0 Å². The molecule has 0 spiro atoms. The first-order valence-electron chi connectivity index (χ1n) is 6.36. The minimum absolute atomic E-state index is 0.0509. The van der Waals surface area contributed by atoms with Crippen LogP contribution in [-0.4, -0.2) is 19.1 Å². The van der Waals surface area contributed by atoms with E-state index in [1.54, 1.807) is 17.1 Å². The van der Waals surface area contributed by atoms with Crippen LogP contribution in [0, 0.1) is 4.77 Å². The minimum Gasteiger partial charge on any atom is -0.335 e. The van der Waals surface area contributed by atoms with E-state index in [0.717, 1.165) is 5.52 Å². The highest BCUT2D eigenvalue weighted by Crippen LogP contribution is 2.11. The molecule has 0 aliphatic heterocycles. The van der Waals surface area contributed by atoms with Gasteiger partial charge in [0.15, 0.2) is 4.77 Å². The van der Waals surface area contributed by atoms with Crippen LogP contribution in [0.1, 0.15) is 13.0 Å². The Hall–Kier alpha value is -2.21. The average molecular weight is 286 g/mol. The number of nitrogens with one attached hydrogen (secondary N) is 1. The molecule has 1 N–H and O–H groups in total. The van der Waals surface area contributed by atoms with E-state index in [0.29, 0.717) is 16.7 Å². The van der Waals surface area contributed by atoms with Gasteiger partial charge < -0.3 is 9.55 Å². The molecule has 0 aliphatic carbocycles. The first-order valence-corrected chi connectivity index (χ1v) is 6.77. The second kappa shape index (κ2) is 5.05. The molecular formula is C14H14N4OS. The Labute approximate surface area is 120 Å². The summed E-state index contributed by atoms with van der Waals surface area (Å²) in [5.74, 6) is 0. The fraction of sp³-hybridized carbons (Fsp3) is 0.214. The quantitative estimate of drug-likeness (QED) is 0.753. The van der Waals surface area contributed by atoms with Gasteiger partial charge in [-0.1, -0.05) is 12.1 Å². The van der Waals surface area contributed by atoms with E-state index in [1.807, 2.05) is 42.0 Å². The first kappa shape index (κ1) is 12.8. The maximum absolute atomic E-state index is 12.6. The molecule has 0 saturated heterocycles. The maximum Gasteiger partial charge on any atom is 0.262 e. The topological polar surface area (TPSA) is 55.6 Å². The zero-order valence-corrected chi connectivity index (χ0v) is 11.8. The van der Waals surface area contributed by atoms with Crippen LogP contribution < -0.4 is 5.56 Å². The summed E-state index contributed by atoms with van der Waals surface area (Å²) in [5.41, 5.74) is 0.713. The molecule has 0 aliphatic rings. The highest BCUT2D eigenvalue weighted by molar-refractivity contribution is 7.71. The Morgan fingerprint density at radius 2 is 2.20 bits per heavy atom. The largest absolute Gasteiger partial charge is 0.335 e. The minimum atomic E-state index is -0.0584. The van der Waals surface area contributed by atoms with Crippen LogP contribution >= 0.6 is 12.2 Å². The van der Waals surface area contributed by atoms with Crippen molar-refractivity contribution in [3.05, 3.63) is 58.1 Å². The summed E-state index contributed by atoms with van der Waals surface area (Å²) in [6.07, 6.45) is 5.32. The zero-order chi connectivity index (χ0) is 14.1. The van der Waals surface area contributed by atoms with E-state index in [4.69, 9.17) is 12.2 Å². The Bertz CT molecular complexity index is 847. The van der Waals surface area contributed by atoms with Crippen molar-refractivity contribution >= 4 is 23.1 Å². The molecule has 1 atom stereocenters. The van der Waals surface area contributed by atoms with Gasteiger partial charge in [0.2, 0.25) is 0 Å². The lowest BCUT2D eigenvalue weighted by molar-refractivity contribution is 0.445. The van der Waals surface area contributed by atoms with Gasteiger partial charge >= 0.3 is 0 Å². The first-order chi connectivity index (χ1) is 9.66. The van der Waals surface area contributed by atoms with Crippen molar-refractivity contribution in [3.63, 3.8) is 0 Å². The average Bonchev–Trinajstić information content (AvgIpc) is 2.91. The van der Waals surface area contributed by atoms with Gasteiger partial charge in [-0.15, -0.1) is 0 Å². The SMILES string of the molecule is CC(Cn1ccnc1)n1c(=S)[nH]c2ccccc2c1=O. The number of fused-ring (bicyclic) bond motifs is 1. The predicted molar refractivity (Wildman–Crippen MR) is 80.3 cm³/mol. The smallest absolute Gasteiger partial charge is 0.262 e. The van der Waals surface area contributed by atoms with Crippen molar-refractivity contribution in [2.45, 2.75) is 19.5 Å². The third-order valence-electron chi connectivity index (χ3n) is 3.31. The molecule has 1 unspecified atom stereocenters. The van der Waals surface area contributed by atoms with Gasteiger partial charge in [-0.3, -0.25) is 9.36 Å². The molecule has 0 amide bonds. The number of rotatable bonds is 3. The number of nitrogens with zero attached hydrogens (tertiary/aromatic N) is 3. The summed E-state index contributed by atoms with van der Waals surface area (Å²) in [6, 6.07) is 7.35. The number of hydrogen-bond donors (Lipinski definition) is 1. The van der Waals surface area contributed by atoms with Gasteiger partial charge in [0.05, 0.1) is 23.3 Å². The summed E-state index contributed by atoms with van der Waals surface area (Å²) in [6.45, 7) is 2.62. The number of aromatic amines is 1. The van der Waals surface area contributed by atoms with E-state index in [1.165, 1.54) is 0 Å². The molecule has 0 bridgehead atoms. The molecule has 20 heavy (non-hydrogen) atoms. The maximum atomic E-state index is 12.6. The van der Waals surface area contributed by atoms with E-state index < -0.39 is 0 Å².